The molecule has 19 heavy (non-hydrogen) atoms. The average molecular weight is 278 g/mol. The van der Waals surface area contributed by atoms with Crippen molar-refractivity contribution in [1.29, 1.82) is 0 Å². The molecule has 2 aromatic rings. The SMILES string of the molecule is Cc1ccc(NC(C)Cc2ccc(F)cc2)c(Cl)c1. The number of anilines is 1. The summed E-state index contributed by atoms with van der Waals surface area (Å²) in [6, 6.07) is 12.8. The molecule has 1 N–H and O–H groups in total. The van der Waals surface area contributed by atoms with Crippen molar-refractivity contribution in [1.82, 2.24) is 0 Å². The Balaban J connectivity index is 2.01. The smallest absolute Gasteiger partial charge is 0.123 e. The van der Waals surface area contributed by atoms with Gasteiger partial charge in [0.25, 0.3) is 0 Å². The molecule has 0 aliphatic heterocycles. The first-order valence-corrected chi connectivity index (χ1v) is 6.69. The van der Waals surface area contributed by atoms with Gasteiger partial charge < -0.3 is 5.32 Å². The Morgan fingerprint density at radius 3 is 2.47 bits per heavy atom. The highest BCUT2D eigenvalue weighted by atomic mass is 35.5. The summed E-state index contributed by atoms with van der Waals surface area (Å²) in [6.07, 6.45) is 0.824. The molecule has 0 aliphatic rings. The zero-order chi connectivity index (χ0) is 13.8. The molecule has 1 atom stereocenters. The van der Waals surface area contributed by atoms with Crippen LogP contribution >= 0.6 is 11.6 Å². The molecule has 0 bridgehead atoms. The minimum Gasteiger partial charge on any atom is -0.381 e. The molecule has 3 heteroatoms. The molecule has 0 saturated heterocycles. The van der Waals surface area contributed by atoms with Crippen LogP contribution in [0.2, 0.25) is 5.02 Å². The van der Waals surface area contributed by atoms with Crippen molar-refractivity contribution in [2.45, 2.75) is 26.3 Å². The van der Waals surface area contributed by atoms with Gasteiger partial charge in [-0.25, -0.2) is 4.39 Å². The topological polar surface area (TPSA) is 12.0 Å². The van der Waals surface area contributed by atoms with Gasteiger partial charge >= 0.3 is 0 Å². The summed E-state index contributed by atoms with van der Waals surface area (Å²) in [6.45, 7) is 4.09. The maximum Gasteiger partial charge on any atom is 0.123 e. The molecule has 0 radical (unpaired) electrons. The molecule has 0 aliphatic carbocycles. The summed E-state index contributed by atoms with van der Waals surface area (Å²) in [4.78, 5) is 0. The Labute approximate surface area is 118 Å². The molecule has 2 rings (SSSR count). The van der Waals surface area contributed by atoms with E-state index in [1.165, 1.54) is 12.1 Å². The van der Waals surface area contributed by atoms with Crippen molar-refractivity contribution >= 4 is 17.3 Å². The molecular weight excluding hydrogens is 261 g/mol. The standard InChI is InChI=1S/C16H17ClFN/c1-11-3-8-16(15(17)9-11)19-12(2)10-13-4-6-14(18)7-5-13/h3-9,12,19H,10H2,1-2H3. The Hall–Kier alpha value is -1.54. The van der Waals surface area contributed by atoms with Crippen LogP contribution in [-0.4, -0.2) is 6.04 Å². The number of halogens is 2. The molecule has 100 valence electrons. The van der Waals surface area contributed by atoms with Gasteiger partial charge in [0.2, 0.25) is 0 Å². The summed E-state index contributed by atoms with van der Waals surface area (Å²) in [7, 11) is 0. The van der Waals surface area contributed by atoms with Crippen molar-refractivity contribution in [3.05, 3.63) is 64.4 Å². The second-order valence-electron chi connectivity index (χ2n) is 4.86. The van der Waals surface area contributed by atoms with Gasteiger partial charge in [-0.2, -0.15) is 0 Å². The molecule has 0 spiro atoms. The van der Waals surface area contributed by atoms with E-state index >= 15 is 0 Å². The third-order valence-electron chi connectivity index (χ3n) is 2.98. The van der Waals surface area contributed by atoms with Gasteiger partial charge in [-0.1, -0.05) is 29.8 Å². The predicted molar refractivity (Wildman–Crippen MR) is 79.4 cm³/mol. The lowest BCUT2D eigenvalue weighted by Crippen LogP contribution is -2.18. The molecule has 1 unspecified atom stereocenters. The van der Waals surface area contributed by atoms with Crippen LogP contribution in [-0.2, 0) is 6.42 Å². The van der Waals surface area contributed by atoms with E-state index in [0.717, 1.165) is 28.3 Å². The van der Waals surface area contributed by atoms with Gasteiger partial charge in [-0.3, -0.25) is 0 Å². The molecular formula is C16H17ClFN. The summed E-state index contributed by atoms with van der Waals surface area (Å²) >= 11 is 6.19. The zero-order valence-corrected chi connectivity index (χ0v) is 11.8. The number of rotatable bonds is 4. The normalized spacial score (nSPS) is 12.2. The molecule has 0 fully saturated rings. The third-order valence-corrected chi connectivity index (χ3v) is 3.29. The summed E-state index contributed by atoms with van der Waals surface area (Å²) in [5.41, 5.74) is 3.17. The van der Waals surface area contributed by atoms with Crippen molar-refractivity contribution in [3.63, 3.8) is 0 Å². The second-order valence-corrected chi connectivity index (χ2v) is 5.27. The van der Waals surface area contributed by atoms with E-state index in [1.807, 2.05) is 37.3 Å². The minimum absolute atomic E-state index is 0.203. The number of nitrogens with one attached hydrogen (secondary N) is 1. The minimum atomic E-state index is -0.203. The van der Waals surface area contributed by atoms with Crippen molar-refractivity contribution < 1.29 is 4.39 Å². The summed E-state index contributed by atoms with van der Waals surface area (Å²) < 4.78 is 12.8. The van der Waals surface area contributed by atoms with Gasteiger partial charge in [0.15, 0.2) is 0 Å². The first kappa shape index (κ1) is 13.9. The number of benzene rings is 2. The van der Waals surface area contributed by atoms with Gasteiger partial charge in [0.05, 0.1) is 10.7 Å². The van der Waals surface area contributed by atoms with Gasteiger partial charge in [-0.15, -0.1) is 0 Å². The van der Waals surface area contributed by atoms with Crippen LogP contribution in [0.15, 0.2) is 42.5 Å². The van der Waals surface area contributed by atoms with Crippen molar-refractivity contribution in [3.8, 4) is 0 Å². The van der Waals surface area contributed by atoms with Crippen molar-refractivity contribution in [2.24, 2.45) is 0 Å². The van der Waals surface area contributed by atoms with Crippen LogP contribution in [0.5, 0.6) is 0 Å². The van der Waals surface area contributed by atoms with Crippen LogP contribution in [0.4, 0.5) is 10.1 Å². The molecule has 2 aromatic carbocycles. The van der Waals surface area contributed by atoms with E-state index < -0.39 is 0 Å². The van der Waals surface area contributed by atoms with Crippen molar-refractivity contribution in [2.75, 3.05) is 5.32 Å². The van der Waals surface area contributed by atoms with E-state index in [1.54, 1.807) is 0 Å². The first-order chi connectivity index (χ1) is 9.04. The summed E-state index contributed by atoms with van der Waals surface area (Å²) in [5.74, 6) is -0.203. The van der Waals surface area contributed by atoms with Crippen LogP contribution in [0.3, 0.4) is 0 Å². The Morgan fingerprint density at radius 2 is 1.84 bits per heavy atom. The Bertz CT molecular complexity index is 551. The van der Waals surface area contributed by atoms with E-state index in [9.17, 15) is 4.39 Å². The van der Waals surface area contributed by atoms with Gasteiger partial charge in [0, 0.05) is 6.04 Å². The average Bonchev–Trinajstić information content (AvgIpc) is 2.36. The maximum atomic E-state index is 12.8. The highest BCUT2D eigenvalue weighted by Gasteiger charge is 2.06. The molecule has 0 heterocycles. The molecule has 0 aromatic heterocycles. The van der Waals surface area contributed by atoms with E-state index in [0.29, 0.717) is 0 Å². The summed E-state index contributed by atoms with van der Waals surface area (Å²) in [5, 5.41) is 4.10. The zero-order valence-electron chi connectivity index (χ0n) is 11.1. The highest BCUT2D eigenvalue weighted by molar-refractivity contribution is 6.33. The number of hydrogen-bond donors (Lipinski definition) is 1. The fourth-order valence-corrected chi connectivity index (χ4v) is 2.32. The van der Waals surface area contributed by atoms with E-state index in [4.69, 9.17) is 11.6 Å². The van der Waals surface area contributed by atoms with Crippen LogP contribution in [0.25, 0.3) is 0 Å². The first-order valence-electron chi connectivity index (χ1n) is 6.32. The number of aryl methyl sites for hydroxylation is 1. The molecule has 0 saturated carbocycles. The lowest BCUT2D eigenvalue weighted by Gasteiger charge is -2.16. The van der Waals surface area contributed by atoms with Crippen LogP contribution in [0.1, 0.15) is 18.1 Å². The molecule has 1 nitrogen and oxygen atoms in total. The lowest BCUT2D eigenvalue weighted by molar-refractivity contribution is 0.626. The van der Waals surface area contributed by atoms with Gasteiger partial charge in [-0.05, 0) is 55.7 Å². The third kappa shape index (κ3) is 3.97. The number of hydrogen-bond acceptors (Lipinski definition) is 1. The quantitative estimate of drug-likeness (QED) is 0.844. The van der Waals surface area contributed by atoms with Gasteiger partial charge in [0.1, 0.15) is 5.82 Å². The second kappa shape index (κ2) is 6.07. The maximum absolute atomic E-state index is 12.8. The Morgan fingerprint density at radius 1 is 1.16 bits per heavy atom. The van der Waals surface area contributed by atoms with Crippen LogP contribution < -0.4 is 5.32 Å². The monoisotopic (exact) mass is 277 g/mol. The highest BCUT2D eigenvalue weighted by Crippen LogP contribution is 2.23. The lowest BCUT2D eigenvalue weighted by atomic mass is 10.1. The Kier molecular flexibility index (Phi) is 4.43. The molecule has 0 amide bonds. The van der Waals surface area contributed by atoms with E-state index in [-0.39, 0.29) is 11.9 Å². The van der Waals surface area contributed by atoms with Crippen LogP contribution in [0, 0.1) is 12.7 Å². The fourth-order valence-electron chi connectivity index (χ4n) is 2.03. The van der Waals surface area contributed by atoms with E-state index in [2.05, 4.69) is 12.2 Å². The largest absolute Gasteiger partial charge is 0.381 e. The predicted octanol–water partition coefficient (Wildman–Crippen LogP) is 4.83. The fraction of sp³-hybridized carbons (Fsp3) is 0.250.